The first kappa shape index (κ1) is 22.9. The van der Waals surface area contributed by atoms with Crippen molar-refractivity contribution in [3.63, 3.8) is 0 Å². The summed E-state index contributed by atoms with van der Waals surface area (Å²) in [6.07, 6.45) is 0. The monoisotopic (exact) mass is 479 g/mol. The predicted molar refractivity (Wildman–Crippen MR) is 118 cm³/mol. The van der Waals surface area contributed by atoms with Gasteiger partial charge in [-0.1, -0.05) is 53.5 Å². The van der Waals surface area contributed by atoms with Crippen molar-refractivity contribution in [2.75, 3.05) is 7.05 Å². The Hall–Kier alpha value is -2.81. The van der Waals surface area contributed by atoms with Crippen LogP contribution >= 0.6 is 23.2 Å². The Morgan fingerprint density at radius 2 is 1.68 bits per heavy atom. The van der Waals surface area contributed by atoms with Crippen molar-refractivity contribution in [3.8, 4) is 0 Å². The van der Waals surface area contributed by atoms with Crippen LogP contribution in [0.25, 0.3) is 0 Å². The maximum absolute atomic E-state index is 13.2. The molecule has 0 aliphatic carbocycles. The Morgan fingerprint density at radius 1 is 1.03 bits per heavy atom. The van der Waals surface area contributed by atoms with Crippen molar-refractivity contribution in [2.45, 2.75) is 23.3 Å². The molecule has 3 rings (SSSR count). The third-order valence-corrected chi connectivity index (χ3v) is 7.56. The van der Waals surface area contributed by atoms with Crippen molar-refractivity contribution in [1.29, 1.82) is 0 Å². The number of carbonyl (C=O) groups is 2. The highest BCUT2D eigenvalue weighted by Crippen LogP contribution is 2.31. The minimum atomic E-state index is -4.10. The average Bonchev–Trinajstić information content (AvgIpc) is 3.09. The van der Waals surface area contributed by atoms with Crippen molar-refractivity contribution < 1.29 is 18.0 Å². The second-order valence-electron chi connectivity index (χ2n) is 6.88. The van der Waals surface area contributed by atoms with E-state index in [1.807, 2.05) is 0 Å². The van der Waals surface area contributed by atoms with E-state index in [0.717, 1.165) is 0 Å². The zero-order chi connectivity index (χ0) is 22.9. The summed E-state index contributed by atoms with van der Waals surface area (Å²) >= 11 is 12.2. The maximum Gasteiger partial charge on any atom is 0.270 e. The fraction of sp³-hybridized carbons (Fsp3) is 0.143. The standard InChI is InChI=1S/C21H19Cl2N3O4S/c1-12-17(21(28)26(2)11-13-7-6-10-15(22)16(13)23)25-18(20(24)27)19(12)31(29,30)14-8-4-3-5-9-14/h3-10,25H,11H2,1-2H3,(H2,24,27). The normalized spacial score (nSPS) is 11.4. The number of sulfone groups is 1. The Kier molecular flexibility index (Phi) is 6.45. The number of hydrogen-bond donors (Lipinski definition) is 2. The quantitative estimate of drug-likeness (QED) is 0.558. The van der Waals surface area contributed by atoms with E-state index in [2.05, 4.69) is 4.98 Å². The lowest BCUT2D eigenvalue weighted by atomic mass is 10.2. The number of halogens is 2. The van der Waals surface area contributed by atoms with Gasteiger partial charge in [-0.05, 0) is 36.2 Å². The largest absolute Gasteiger partial charge is 0.364 e. The van der Waals surface area contributed by atoms with Gasteiger partial charge in [0.05, 0.1) is 14.9 Å². The van der Waals surface area contributed by atoms with Crippen LogP contribution in [0.5, 0.6) is 0 Å². The van der Waals surface area contributed by atoms with Gasteiger partial charge in [0, 0.05) is 13.6 Å². The van der Waals surface area contributed by atoms with Gasteiger partial charge in [0.2, 0.25) is 9.84 Å². The highest BCUT2D eigenvalue weighted by molar-refractivity contribution is 7.91. The molecule has 31 heavy (non-hydrogen) atoms. The smallest absolute Gasteiger partial charge is 0.270 e. The molecule has 1 heterocycles. The summed E-state index contributed by atoms with van der Waals surface area (Å²) in [5.41, 5.74) is 5.73. The molecule has 162 valence electrons. The summed E-state index contributed by atoms with van der Waals surface area (Å²) < 4.78 is 26.3. The number of H-pyrrole nitrogens is 1. The van der Waals surface area contributed by atoms with Gasteiger partial charge in [-0.15, -0.1) is 0 Å². The third kappa shape index (κ3) is 4.32. The number of nitrogens with zero attached hydrogens (tertiary/aromatic N) is 1. The number of nitrogens with one attached hydrogen (secondary N) is 1. The number of carbonyl (C=O) groups excluding carboxylic acids is 2. The summed E-state index contributed by atoms with van der Waals surface area (Å²) in [7, 11) is -2.57. The first-order valence-corrected chi connectivity index (χ1v) is 11.3. The summed E-state index contributed by atoms with van der Waals surface area (Å²) in [4.78, 5) is 28.7. The molecule has 0 unspecified atom stereocenters. The third-order valence-electron chi connectivity index (χ3n) is 4.76. The molecule has 7 nitrogen and oxygen atoms in total. The first-order chi connectivity index (χ1) is 14.6. The summed E-state index contributed by atoms with van der Waals surface area (Å²) in [5, 5.41) is 0.667. The minimum Gasteiger partial charge on any atom is -0.364 e. The molecule has 0 fully saturated rings. The van der Waals surface area contributed by atoms with Crippen LogP contribution in [-0.2, 0) is 16.4 Å². The SMILES string of the molecule is Cc1c(C(=O)N(C)Cc2cccc(Cl)c2Cl)[nH]c(C(N)=O)c1S(=O)(=O)c1ccccc1. The van der Waals surface area contributed by atoms with Crippen molar-refractivity contribution in [3.05, 3.63) is 81.1 Å². The number of amides is 2. The van der Waals surface area contributed by atoms with Gasteiger partial charge in [-0.2, -0.15) is 0 Å². The molecule has 0 radical (unpaired) electrons. The molecule has 10 heteroatoms. The molecular formula is C21H19Cl2N3O4S. The van der Waals surface area contributed by atoms with Crippen LogP contribution < -0.4 is 5.73 Å². The molecule has 0 bridgehead atoms. The zero-order valence-electron chi connectivity index (χ0n) is 16.6. The van der Waals surface area contributed by atoms with Gasteiger partial charge in [0.25, 0.3) is 11.8 Å². The molecule has 2 amide bonds. The van der Waals surface area contributed by atoms with Gasteiger partial charge >= 0.3 is 0 Å². The van der Waals surface area contributed by atoms with E-state index in [9.17, 15) is 18.0 Å². The second kappa shape index (κ2) is 8.74. The number of aromatic nitrogens is 1. The highest BCUT2D eigenvalue weighted by Gasteiger charge is 2.32. The lowest BCUT2D eigenvalue weighted by Crippen LogP contribution is -2.27. The van der Waals surface area contributed by atoms with E-state index in [1.54, 1.807) is 36.4 Å². The minimum absolute atomic E-state index is 0.0161. The molecular weight excluding hydrogens is 461 g/mol. The molecule has 0 aliphatic rings. The number of benzene rings is 2. The van der Waals surface area contributed by atoms with Gasteiger partial charge in [-0.3, -0.25) is 9.59 Å². The van der Waals surface area contributed by atoms with Crippen LogP contribution in [0.2, 0.25) is 10.0 Å². The van der Waals surface area contributed by atoms with Gasteiger partial charge in [-0.25, -0.2) is 8.42 Å². The van der Waals surface area contributed by atoms with Gasteiger partial charge < -0.3 is 15.6 Å². The first-order valence-electron chi connectivity index (χ1n) is 9.06. The Bertz CT molecular complexity index is 1270. The maximum atomic E-state index is 13.2. The molecule has 0 aliphatic heterocycles. The second-order valence-corrected chi connectivity index (χ2v) is 9.56. The summed E-state index contributed by atoms with van der Waals surface area (Å²) in [5.74, 6) is -1.53. The predicted octanol–water partition coefficient (Wildman–Crippen LogP) is 3.83. The van der Waals surface area contributed by atoms with Crippen molar-refractivity contribution >= 4 is 44.9 Å². The lowest BCUT2D eigenvalue weighted by Gasteiger charge is -2.18. The van der Waals surface area contributed by atoms with Gasteiger partial charge in [0.1, 0.15) is 16.3 Å². The highest BCUT2D eigenvalue weighted by atomic mass is 35.5. The number of primary amides is 1. The Morgan fingerprint density at radius 3 is 2.29 bits per heavy atom. The van der Waals surface area contributed by atoms with E-state index in [4.69, 9.17) is 28.9 Å². The molecule has 0 saturated carbocycles. The molecule has 3 aromatic rings. The molecule has 1 aromatic heterocycles. The number of aromatic amines is 1. The fourth-order valence-electron chi connectivity index (χ4n) is 3.21. The lowest BCUT2D eigenvalue weighted by molar-refractivity contribution is 0.0779. The average molecular weight is 480 g/mol. The topological polar surface area (TPSA) is 113 Å². The molecule has 0 saturated heterocycles. The summed E-state index contributed by atoms with van der Waals surface area (Å²) in [6, 6.07) is 12.7. The van der Waals surface area contributed by atoms with E-state index in [1.165, 1.54) is 31.0 Å². The Labute approximate surface area is 189 Å². The van der Waals surface area contributed by atoms with E-state index in [-0.39, 0.29) is 33.3 Å². The molecule has 0 atom stereocenters. The van der Waals surface area contributed by atoms with E-state index < -0.39 is 21.7 Å². The summed E-state index contributed by atoms with van der Waals surface area (Å²) in [6.45, 7) is 1.57. The van der Waals surface area contributed by atoms with Crippen LogP contribution in [-0.4, -0.2) is 37.2 Å². The fourth-order valence-corrected chi connectivity index (χ4v) is 5.26. The number of hydrogen-bond acceptors (Lipinski definition) is 4. The number of rotatable bonds is 6. The molecule has 0 spiro atoms. The van der Waals surface area contributed by atoms with Crippen LogP contribution in [0.15, 0.2) is 58.3 Å². The van der Waals surface area contributed by atoms with Crippen LogP contribution in [0.3, 0.4) is 0 Å². The molecule has 2 aromatic carbocycles. The zero-order valence-corrected chi connectivity index (χ0v) is 19.0. The van der Waals surface area contributed by atoms with E-state index in [0.29, 0.717) is 15.6 Å². The van der Waals surface area contributed by atoms with Crippen molar-refractivity contribution in [2.24, 2.45) is 5.73 Å². The Balaban J connectivity index is 2.05. The van der Waals surface area contributed by atoms with Crippen LogP contribution in [0.1, 0.15) is 32.1 Å². The van der Waals surface area contributed by atoms with Crippen LogP contribution in [0, 0.1) is 6.92 Å². The van der Waals surface area contributed by atoms with Gasteiger partial charge in [0.15, 0.2) is 0 Å². The number of nitrogens with two attached hydrogens (primary N) is 1. The molecule has 3 N–H and O–H groups in total. The van der Waals surface area contributed by atoms with Crippen LogP contribution in [0.4, 0.5) is 0 Å². The van der Waals surface area contributed by atoms with Crippen molar-refractivity contribution in [1.82, 2.24) is 9.88 Å². The van der Waals surface area contributed by atoms with E-state index >= 15 is 0 Å².